The van der Waals surface area contributed by atoms with E-state index in [4.69, 9.17) is 9.84 Å². The molecule has 6 heteroatoms. The van der Waals surface area contributed by atoms with Crippen LogP contribution in [0, 0.1) is 6.92 Å². The van der Waals surface area contributed by atoms with Crippen LogP contribution in [0.4, 0.5) is 0 Å². The molecule has 0 saturated heterocycles. The molecule has 0 amide bonds. The standard InChI is InChI=1S/C14H15N3O3/c1-8-11-9(2)17(7-10-5-3-4-6-15-10)16-13(11)20-12(8)14(18)19/h3-6,8,12H,7H2,1-2H3,(H,18,19). The summed E-state index contributed by atoms with van der Waals surface area (Å²) >= 11 is 0. The lowest BCUT2D eigenvalue weighted by Crippen LogP contribution is -2.28. The van der Waals surface area contributed by atoms with Crippen LogP contribution in [0.5, 0.6) is 5.88 Å². The highest BCUT2D eigenvalue weighted by Gasteiger charge is 2.40. The van der Waals surface area contributed by atoms with Gasteiger partial charge in [-0.3, -0.25) is 9.67 Å². The number of pyridine rings is 1. The van der Waals surface area contributed by atoms with Gasteiger partial charge in [0.15, 0.2) is 0 Å². The monoisotopic (exact) mass is 273 g/mol. The zero-order chi connectivity index (χ0) is 14.3. The van der Waals surface area contributed by atoms with Crippen molar-refractivity contribution in [2.75, 3.05) is 0 Å². The molecule has 3 rings (SSSR count). The zero-order valence-corrected chi connectivity index (χ0v) is 11.3. The topological polar surface area (TPSA) is 77.2 Å². The smallest absolute Gasteiger partial charge is 0.345 e. The van der Waals surface area contributed by atoms with E-state index in [9.17, 15) is 4.79 Å². The van der Waals surface area contributed by atoms with Crippen LogP contribution in [0.3, 0.4) is 0 Å². The molecule has 104 valence electrons. The highest BCUT2D eigenvalue weighted by molar-refractivity contribution is 5.75. The van der Waals surface area contributed by atoms with E-state index < -0.39 is 12.1 Å². The first kappa shape index (κ1) is 12.7. The first-order valence-corrected chi connectivity index (χ1v) is 6.44. The summed E-state index contributed by atoms with van der Waals surface area (Å²) in [5.74, 6) is -0.718. The molecule has 0 radical (unpaired) electrons. The number of carboxylic acids is 1. The van der Waals surface area contributed by atoms with E-state index in [-0.39, 0.29) is 5.92 Å². The van der Waals surface area contributed by atoms with E-state index in [1.807, 2.05) is 36.7 Å². The van der Waals surface area contributed by atoms with Crippen molar-refractivity contribution < 1.29 is 14.6 Å². The van der Waals surface area contributed by atoms with Crippen molar-refractivity contribution >= 4 is 5.97 Å². The van der Waals surface area contributed by atoms with E-state index in [1.54, 1.807) is 6.20 Å². The van der Waals surface area contributed by atoms with Gasteiger partial charge >= 0.3 is 5.97 Å². The first-order chi connectivity index (χ1) is 9.58. The molecule has 2 aromatic heterocycles. The molecular formula is C14H15N3O3. The Kier molecular flexibility index (Phi) is 2.93. The minimum absolute atomic E-state index is 0.194. The Balaban J connectivity index is 1.90. The van der Waals surface area contributed by atoms with Gasteiger partial charge in [-0.2, -0.15) is 0 Å². The van der Waals surface area contributed by atoms with Gasteiger partial charge in [-0.15, -0.1) is 5.10 Å². The fourth-order valence-electron chi connectivity index (χ4n) is 2.58. The highest BCUT2D eigenvalue weighted by Crippen LogP contribution is 2.39. The lowest BCUT2D eigenvalue weighted by atomic mass is 9.98. The van der Waals surface area contributed by atoms with Crippen molar-refractivity contribution in [3.63, 3.8) is 0 Å². The predicted molar refractivity (Wildman–Crippen MR) is 70.8 cm³/mol. The Hall–Kier alpha value is -2.37. The number of fused-ring (bicyclic) bond motifs is 1. The van der Waals surface area contributed by atoms with Crippen molar-refractivity contribution in [3.8, 4) is 5.88 Å². The zero-order valence-electron chi connectivity index (χ0n) is 11.3. The van der Waals surface area contributed by atoms with Crippen LogP contribution in [0.1, 0.15) is 29.8 Å². The lowest BCUT2D eigenvalue weighted by Gasteiger charge is -2.12. The third-order valence-electron chi connectivity index (χ3n) is 3.65. The molecule has 0 saturated carbocycles. The second kappa shape index (κ2) is 4.63. The quantitative estimate of drug-likeness (QED) is 0.918. The molecule has 0 spiro atoms. The van der Waals surface area contributed by atoms with Gasteiger partial charge in [-0.05, 0) is 19.1 Å². The molecule has 2 atom stereocenters. The maximum atomic E-state index is 11.1. The molecule has 1 aliphatic rings. The minimum atomic E-state index is -0.953. The Morgan fingerprint density at radius 3 is 2.90 bits per heavy atom. The van der Waals surface area contributed by atoms with Gasteiger partial charge in [0.25, 0.3) is 0 Å². The molecule has 0 aliphatic carbocycles. The van der Waals surface area contributed by atoms with Crippen molar-refractivity contribution in [2.45, 2.75) is 32.4 Å². The molecule has 20 heavy (non-hydrogen) atoms. The van der Waals surface area contributed by atoms with Gasteiger partial charge in [-0.1, -0.05) is 13.0 Å². The number of carbonyl (C=O) groups is 1. The fourth-order valence-corrected chi connectivity index (χ4v) is 2.58. The van der Waals surface area contributed by atoms with Crippen LogP contribution >= 0.6 is 0 Å². The van der Waals surface area contributed by atoms with Crippen LogP contribution in [-0.2, 0) is 11.3 Å². The second-order valence-electron chi connectivity index (χ2n) is 4.95. The molecule has 0 fully saturated rings. The predicted octanol–water partition coefficient (Wildman–Crippen LogP) is 1.58. The van der Waals surface area contributed by atoms with Gasteiger partial charge in [-0.25, -0.2) is 4.79 Å². The van der Waals surface area contributed by atoms with Gasteiger partial charge in [0.2, 0.25) is 12.0 Å². The number of hydrogen-bond donors (Lipinski definition) is 1. The number of rotatable bonds is 3. The fraction of sp³-hybridized carbons (Fsp3) is 0.357. The van der Waals surface area contributed by atoms with Gasteiger partial charge in [0, 0.05) is 23.4 Å². The second-order valence-corrected chi connectivity index (χ2v) is 4.95. The molecule has 1 aliphatic heterocycles. The van der Waals surface area contributed by atoms with E-state index in [0.717, 1.165) is 17.0 Å². The molecule has 1 N–H and O–H groups in total. The third kappa shape index (κ3) is 1.93. The first-order valence-electron chi connectivity index (χ1n) is 6.44. The van der Waals surface area contributed by atoms with Crippen molar-refractivity contribution in [1.29, 1.82) is 0 Å². The summed E-state index contributed by atoms with van der Waals surface area (Å²) in [5.41, 5.74) is 2.72. The Morgan fingerprint density at radius 1 is 1.50 bits per heavy atom. The number of nitrogens with zero attached hydrogens (tertiary/aromatic N) is 3. The third-order valence-corrected chi connectivity index (χ3v) is 3.65. The van der Waals surface area contributed by atoms with Crippen LogP contribution in [0.25, 0.3) is 0 Å². The van der Waals surface area contributed by atoms with E-state index >= 15 is 0 Å². The maximum absolute atomic E-state index is 11.1. The lowest BCUT2D eigenvalue weighted by molar-refractivity contribution is -0.145. The average molecular weight is 273 g/mol. The Bertz CT molecular complexity index is 651. The summed E-state index contributed by atoms with van der Waals surface area (Å²) in [4.78, 5) is 15.4. The number of carboxylic acid groups (broad SMARTS) is 1. The van der Waals surface area contributed by atoms with Gasteiger partial charge in [0.1, 0.15) is 0 Å². The largest absolute Gasteiger partial charge is 0.478 e. The Labute approximate surface area is 116 Å². The molecule has 2 unspecified atom stereocenters. The molecule has 0 aromatic carbocycles. The Morgan fingerprint density at radius 2 is 2.30 bits per heavy atom. The van der Waals surface area contributed by atoms with E-state index in [0.29, 0.717) is 12.4 Å². The molecular weight excluding hydrogens is 258 g/mol. The van der Waals surface area contributed by atoms with Crippen molar-refractivity contribution in [1.82, 2.24) is 14.8 Å². The molecule has 0 bridgehead atoms. The number of ether oxygens (including phenoxy) is 1. The van der Waals surface area contributed by atoms with Crippen LogP contribution in [-0.4, -0.2) is 31.9 Å². The van der Waals surface area contributed by atoms with Gasteiger partial charge in [0.05, 0.1) is 12.2 Å². The van der Waals surface area contributed by atoms with Crippen LogP contribution in [0.2, 0.25) is 0 Å². The number of aromatic nitrogens is 3. The van der Waals surface area contributed by atoms with Crippen molar-refractivity contribution in [2.24, 2.45) is 0 Å². The normalized spacial score (nSPS) is 20.5. The SMILES string of the molecule is Cc1c2c(nn1Cc1ccccn1)OC(C(=O)O)C2C. The summed E-state index contributed by atoms with van der Waals surface area (Å²) in [5, 5.41) is 13.5. The summed E-state index contributed by atoms with van der Waals surface area (Å²) in [7, 11) is 0. The van der Waals surface area contributed by atoms with Crippen LogP contribution < -0.4 is 4.74 Å². The molecule has 6 nitrogen and oxygen atoms in total. The maximum Gasteiger partial charge on any atom is 0.345 e. The average Bonchev–Trinajstić information content (AvgIpc) is 2.90. The van der Waals surface area contributed by atoms with Gasteiger partial charge < -0.3 is 9.84 Å². The minimum Gasteiger partial charge on any atom is -0.478 e. The summed E-state index contributed by atoms with van der Waals surface area (Å²) in [6.45, 7) is 4.33. The summed E-state index contributed by atoms with van der Waals surface area (Å²) < 4.78 is 7.24. The van der Waals surface area contributed by atoms with Crippen LogP contribution in [0.15, 0.2) is 24.4 Å². The summed E-state index contributed by atoms with van der Waals surface area (Å²) in [6, 6.07) is 5.72. The van der Waals surface area contributed by atoms with E-state index in [1.165, 1.54) is 0 Å². The number of hydrogen-bond acceptors (Lipinski definition) is 4. The molecule has 2 aromatic rings. The molecule has 3 heterocycles. The van der Waals surface area contributed by atoms with E-state index in [2.05, 4.69) is 10.1 Å². The highest BCUT2D eigenvalue weighted by atomic mass is 16.5. The van der Waals surface area contributed by atoms with Crippen molar-refractivity contribution in [3.05, 3.63) is 41.3 Å². The number of aliphatic carboxylic acids is 1. The summed E-state index contributed by atoms with van der Waals surface area (Å²) in [6.07, 6.45) is 0.900.